The van der Waals surface area contributed by atoms with Crippen LogP contribution in [-0.2, 0) is 17.8 Å². The van der Waals surface area contributed by atoms with E-state index < -0.39 is 23.0 Å². The largest absolute Gasteiger partial charge is 0.481 e. The van der Waals surface area contributed by atoms with Crippen LogP contribution >= 0.6 is 11.6 Å². The number of nitrogens with one attached hydrogen (secondary N) is 2. The molecule has 3 heterocycles. The minimum Gasteiger partial charge on any atom is -0.481 e. The van der Waals surface area contributed by atoms with E-state index in [1.165, 1.54) is 18.2 Å². The van der Waals surface area contributed by atoms with E-state index in [2.05, 4.69) is 20.5 Å². The van der Waals surface area contributed by atoms with Gasteiger partial charge in [-0.15, -0.1) is 0 Å². The van der Waals surface area contributed by atoms with E-state index in [1.807, 2.05) is 18.7 Å². The van der Waals surface area contributed by atoms with E-state index in [0.29, 0.717) is 30.3 Å². The summed E-state index contributed by atoms with van der Waals surface area (Å²) in [6.45, 7) is 4.50. The van der Waals surface area contributed by atoms with Crippen molar-refractivity contribution in [1.82, 2.24) is 20.1 Å². The lowest BCUT2D eigenvalue weighted by Crippen LogP contribution is -2.50. The Labute approximate surface area is 201 Å². The van der Waals surface area contributed by atoms with Crippen LogP contribution in [0.15, 0.2) is 36.4 Å². The van der Waals surface area contributed by atoms with Gasteiger partial charge in [-0.05, 0) is 51.4 Å². The number of pyridine rings is 1. The maximum absolute atomic E-state index is 14.7. The van der Waals surface area contributed by atoms with E-state index >= 15 is 0 Å². The predicted octanol–water partition coefficient (Wildman–Crippen LogP) is 5.09. The molecule has 0 aliphatic carbocycles. The van der Waals surface area contributed by atoms with Crippen LogP contribution in [-0.4, -0.2) is 43.7 Å². The average molecular weight is 490 g/mol. The third kappa shape index (κ3) is 5.05. The summed E-state index contributed by atoms with van der Waals surface area (Å²) in [4.78, 5) is 18.8. The molecule has 1 aliphatic rings. The van der Waals surface area contributed by atoms with Gasteiger partial charge in [-0.3, -0.25) is 14.8 Å². The summed E-state index contributed by atoms with van der Waals surface area (Å²) in [7, 11) is 0. The highest BCUT2D eigenvalue weighted by molar-refractivity contribution is 6.30. The molecule has 10 heteroatoms. The van der Waals surface area contributed by atoms with Gasteiger partial charge in [-0.2, -0.15) is 5.10 Å². The number of aromatic amines is 1. The van der Waals surface area contributed by atoms with Gasteiger partial charge in [0, 0.05) is 36.3 Å². The number of halogens is 3. The second-order valence-electron chi connectivity index (χ2n) is 8.94. The number of hydrogen-bond acceptors (Lipinski definition) is 5. The molecule has 4 rings (SSSR count). The number of H-pyrrole nitrogens is 1. The number of hydrogen-bond donors (Lipinski definition) is 3. The van der Waals surface area contributed by atoms with Crippen molar-refractivity contribution in [2.24, 2.45) is 5.41 Å². The van der Waals surface area contributed by atoms with Crippen molar-refractivity contribution in [3.63, 3.8) is 0 Å². The third-order valence-electron chi connectivity index (χ3n) is 6.43. The van der Waals surface area contributed by atoms with Crippen LogP contribution in [0.4, 0.5) is 20.4 Å². The maximum Gasteiger partial charge on any atom is 0.310 e. The van der Waals surface area contributed by atoms with Gasteiger partial charge < -0.3 is 10.4 Å². The van der Waals surface area contributed by atoms with Gasteiger partial charge in [-0.25, -0.2) is 13.8 Å². The summed E-state index contributed by atoms with van der Waals surface area (Å²) in [6.07, 6.45) is 0.515. The highest BCUT2D eigenvalue weighted by Gasteiger charge is 2.45. The van der Waals surface area contributed by atoms with E-state index in [9.17, 15) is 18.7 Å². The van der Waals surface area contributed by atoms with E-state index in [1.54, 1.807) is 18.2 Å². The first-order valence-corrected chi connectivity index (χ1v) is 11.4. The Hall–Kier alpha value is -3.04. The zero-order valence-corrected chi connectivity index (χ0v) is 19.7. The van der Waals surface area contributed by atoms with Crippen molar-refractivity contribution in [1.29, 1.82) is 0 Å². The Kier molecular flexibility index (Phi) is 6.86. The molecule has 1 saturated heterocycles. The van der Waals surface area contributed by atoms with Gasteiger partial charge in [0.2, 0.25) is 0 Å². The number of aryl methyl sites for hydroxylation is 1. The monoisotopic (exact) mass is 489 g/mol. The molecule has 1 fully saturated rings. The Morgan fingerprint density at radius 1 is 1.32 bits per heavy atom. The summed E-state index contributed by atoms with van der Waals surface area (Å²) in [5, 5.41) is 20.1. The molecule has 3 aromatic rings. The fourth-order valence-electron chi connectivity index (χ4n) is 4.54. The van der Waals surface area contributed by atoms with Gasteiger partial charge in [0.25, 0.3) is 0 Å². The highest BCUT2D eigenvalue weighted by atomic mass is 35.5. The number of likely N-dealkylation sites (tertiary alicyclic amines) is 1. The number of nitrogens with zero attached hydrogens (tertiary/aromatic N) is 3. The average Bonchev–Trinajstić information content (AvgIpc) is 3.20. The Balaban J connectivity index is 1.52. The Bertz CT molecular complexity index is 1200. The van der Waals surface area contributed by atoms with Crippen molar-refractivity contribution >= 4 is 29.2 Å². The molecule has 1 aromatic carbocycles. The lowest BCUT2D eigenvalue weighted by molar-refractivity contribution is -0.153. The number of anilines is 2. The molecule has 3 N–H and O–H groups in total. The quantitative estimate of drug-likeness (QED) is 0.428. The molecule has 7 nitrogen and oxygen atoms in total. The molecule has 0 bridgehead atoms. The normalized spacial score (nSPS) is 20.9. The van der Waals surface area contributed by atoms with Crippen LogP contribution in [0.2, 0.25) is 5.02 Å². The van der Waals surface area contributed by atoms with Gasteiger partial charge >= 0.3 is 5.97 Å². The highest BCUT2D eigenvalue weighted by Crippen LogP contribution is 2.39. The van der Waals surface area contributed by atoms with Crippen LogP contribution in [0.1, 0.15) is 36.7 Å². The lowest BCUT2D eigenvalue weighted by atomic mass is 9.72. The first-order valence-electron chi connectivity index (χ1n) is 11.0. The van der Waals surface area contributed by atoms with Crippen molar-refractivity contribution in [3.8, 4) is 0 Å². The molecule has 0 amide bonds. The summed E-state index contributed by atoms with van der Waals surface area (Å²) in [5.41, 5.74) is 0.217. The number of aliphatic carboxylic acids is 1. The minimum absolute atomic E-state index is 0.0486. The predicted molar refractivity (Wildman–Crippen MR) is 125 cm³/mol. The summed E-state index contributed by atoms with van der Waals surface area (Å²) < 4.78 is 29.1. The number of carboxylic acids is 1. The number of carbonyl (C=O) groups is 1. The molecular formula is C24H26ClF2N5O2. The molecule has 0 unspecified atom stereocenters. The maximum atomic E-state index is 14.7. The Morgan fingerprint density at radius 3 is 2.79 bits per heavy atom. The summed E-state index contributed by atoms with van der Waals surface area (Å²) in [5.74, 6) is -1.10. The first kappa shape index (κ1) is 24.1. The number of benzene rings is 1. The van der Waals surface area contributed by atoms with Crippen LogP contribution < -0.4 is 5.32 Å². The molecule has 2 atom stereocenters. The van der Waals surface area contributed by atoms with E-state index in [4.69, 9.17) is 11.6 Å². The van der Waals surface area contributed by atoms with Crippen molar-refractivity contribution in [3.05, 3.63) is 70.0 Å². The number of aromatic nitrogens is 3. The Morgan fingerprint density at radius 2 is 2.12 bits per heavy atom. The van der Waals surface area contributed by atoms with Crippen LogP contribution in [0.3, 0.4) is 0 Å². The van der Waals surface area contributed by atoms with Crippen molar-refractivity contribution in [2.75, 3.05) is 11.9 Å². The molecule has 0 saturated carbocycles. The van der Waals surface area contributed by atoms with Gasteiger partial charge in [0.1, 0.15) is 17.5 Å². The standard InChI is InChI=1S/C24H26ClF2N5O2/c1-14-10-21(31-30-14)29-20-7-6-18(26)19(28-20)12-24(23(33)34)8-9-32(15(2)11-24)13-16-4-3-5-17(25)22(16)27/h3-7,10,15H,8-9,11-13H2,1-2H3,(H,33,34)(H2,28,29,30,31)/t15-,24-/m1/s1. The molecule has 0 radical (unpaired) electrons. The van der Waals surface area contributed by atoms with E-state index in [-0.39, 0.29) is 36.0 Å². The second-order valence-corrected chi connectivity index (χ2v) is 9.34. The molecule has 0 spiro atoms. The fraction of sp³-hybridized carbons (Fsp3) is 0.375. The molecule has 2 aromatic heterocycles. The summed E-state index contributed by atoms with van der Waals surface area (Å²) >= 11 is 5.90. The van der Waals surface area contributed by atoms with Crippen molar-refractivity contribution in [2.45, 2.75) is 45.7 Å². The van der Waals surface area contributed by atoms with Gasteiger partial charge in [-0.1, -0.05) is 23.7 Å². The third-order valence-corrected chi connectivity index (χ3v) is 6.72. The van der Waals surface area contributed by atoms with Crippen molar-refractivity contribution < 1.29 is 18.7 Å². The molecule has 34 heavy (non-hydrogen) atoms. The second kappa shape index (κ2) is 9.68. The number of piperidine rings is 1. The fourth-order valence-corrected chi connectivity index (χ4v) is 4.74. The lowest BCUT2D eigenvalue weighted by Gasteiger charge is -2.43. The van der Waals surface area contributed by atoms with E-state index in [0.717, 1.165) is 5.69 Å². The smallest absolute Gasteiger partial charge is 0.310 e. The van der Waals surface area contributed by atoms with Gasteiger partial charge in [0.15, 0.2) is 5.82 Å². The SMILES string of the molecule is Cc1cc(Nc2ccc(F)c(C[C@@]3(C(=O)O)CCN(Cc4cccc(Cl)c4F)[C@H](C)C3)n2)n[nH]1. The molecule has 1 aliphatic heterocycles. The topological polar surface area (TPSA) is 94.1 Å². The van der Waals surface area contributed by atoms with Gasteiger partial charge in [0.05, 0.1) is 16.1 Å². The zero-order chi connectivity index (χ0) is 24.5. The first-order chi connectivity index (χ1) is 16.2. The summed E-state index contributed by atoms with van der Waals surface area (Å²) in [6, 6.07) is 9.24. The zero-order valence-electron chi connectivity index (χ0n) is 18.9. The van der Waals surface area contributed by atoms with Crippen LogP contribution in [0.5, 0.6) is 0 Å². The van der Waals surface area contributed by atoms with Crippen LogP contribution in [0, 0.1) is 24.0 Å². The number of rotatable bonds is 7. The van der Waals surface area contributed by atoms with Crippen LogP contribution in [0.25, 0.3) is 0 Å². The number of carboxylic acid groups (broad SMARTS) is 1. The minimum atomic E-state index is -1.18. The molecular weight excluding hydrogens is 464 g/mol. The molecule has 180 valence electrons.